The van der Waals surface area contributed by atoms with Crippen LogP contribution in [0.25, 0.3) is 11.2 Å². The van der Waals surface area contributed by atoms with Crippen molar-refractivity contribution in [1.82, 2.24) is 19.1 Å². The van der Waals surface area contributed by atoms with Gasteiger partial charge in [-0.1, -0.05) is 0 Å². The van der Waals surface area contributed by atoms with E-state index >= 15 is 0 Å². The first kappa shape index (κ1) is 25.2. The van der Waals surface area contributed by atoms with Crippen LogP contribution in [0, 0.1) is 12.7 Å². The highest BCUT2D eigenvalue weighted by Crippen LogP contribution is 2.33. The van der Waals surface area contributed by atoms with E-state index in [1.165, 1.54) is 16.8 Å². The molecule has 168 valence electrons. The topological polar surface area (TPSA) is 117 Å². The molecular formula is C20H18B5FN6O3. The van der Waals surface area contributed by atoms with Crippen molar-refractivity contribution in [2.45, 2.75) is 36.3 Å². The molecule has 3 N–H and O–H groups in total. The number of halogens is 1. The Morgan fingerprint density at radius 1 is 1.23 bits per heavy atom. The number of anilines is 2. The summed E-state index contributed by atoms with van der Waals surface area (Å²) < 4.78 is 22.1. The van der Waals surface area contributed by atoms with Crippen LogP contribution in [0.2, 0.25) is 5.11 Å². The molecule has 9 nitrogen and oxygen atoms in total. The fourth-order valence-electron chi connectivity index (χ4n) is 4.01. The lowest BCUT2D eigenvalue weighted by molar-refractivity contribution is 0.0694. The maximum absolute atomic E-state index is 14.3. The summed E-state index contributed by atoms with van der Waals surface area (Å²) in [5, 5.41) is -1.46. The van der Waals surface area contributed by atoms with Crippen LogP contribution >= 0.6 is 0 Å². The van der Waals surface area contributed by atoms with Crippen molar-refractivity contribution in [3.8, 4) is 0 Å². The van der Waals surface area contributed by atoms with Gasteiger partial charge >= 0.3 is 5.69 Å². The third-order valence-electron chi connectivity index (χ3n) is 6.06. The zero-order valence-electron chi connectivity index (χ0n) is 19.0. The van der Waals surface area contributed by atoms with Crippen LogP contribution in [0.4, 0.5) is 16.0 Å². The minimum atomic E-state index is -2.19. The summed E-state index contributed by atoms with van der Waals surface area (Å²) in [5.41, 5.74) is 5.49. The Bertz CT molecular complexity index is 1360. The number of carbonyl (C=O) groups excluding carboxylic acids is 1. The molecule has 1 saturated heterocycles. The number of rotatable bonds is 6. The van der Waals surface area contributed by atoms with Gasteiger partial charge in [-0.2, -0.15) is 4.98 Å². The second-order valence-electron chi connectivity index (χ2n) is 8.63. The molecule has 4 rings (SSSR count). The standard InChI is InChI=1S/C20H18B5FN6O3/c1-9-6-11(15(27)33)12(26)7-13(9)29-17-28-8-14-16(30-17)31(10-2-4-35-5-3-10)18(34)32(14)20(24,25)19(21,22)23/h6-8,10H,2-5H2,1H3,(H2,27,33)(H,28,29,30). The average molecular weight is 463 g/mol. The fraction of sp³-hybridized carbons (Fsp3) is 0.400. The van der Waals surface area contributed by atoms with Crippen LogP contribution in [0.5, 0.6) is 0 Å². The number of hydrogen-bond acceptors (Lipinski definition) is 6. The smallest absolute Gasteiger partial charge is 0.329 e. The number of nitrogens with one attached hydrogen (secondary N) is 1. The molecule has 1 aliphatic heterocycles. The van der Waals surface area contributed by atoms with Crippen molar-refractivity contribution >= 4 is 67.9 Å². The Kier molecular flexibility index (Phi) is 6.42. The van der Waals surface area contributed by atoms with E-state index in [-0.39, 0.29) is 28.7 Å². The van der Waals surface area contributed by atoms with Crippen molar-refractivity contribution in [1.29, 1.82) is 0 Å². The first-order valence-corrected chi connectivity index (χ1v) is 10.7. The number of nitrogens with zero attached hydrogens (tertiary/aromatic N) is 4. The van der Waals surface area contributed by atoms with Crippen LogP contribution in [0.1, 0.15) is 34.8 Å². The number of fused-ring (bicyclic) bond motifs is 1. The van der Waals surface area contributed by atoms with E-state index in [4.69, 9.17) is 49.7 Å². The average Bonchev–Trinajstić information content (AvgIpc) is 3.07. The highest BCUT2D eigenvalue weighted by atomic mass is 19.1. The predicted octanol–water partition coefficient (Wildman–Crippen LogP) is -0.239. The van der Waals surface area contributed by atoms with Crippen molar-refractivity contribution in [3.05, 3.63) is 45.8 Å². The van der Waals surface area contributed by atoms with E-state index in [1.54, 1.807) is 6.92 Å². The number of ether oxygens (including phenoxy) is 1. The summed E-state index contributed by atoms with van der Waals surface area (Å²) in [4.78, 5) is 33.6. The third kappa shape index (κ3) is 4.42. The van der Waals surface area contributed by atoms with Gasteiger partial charge in [-0.15, -0.1) is 5.11 Å². The quantitative estimate of drug-likeness (QED) is 0.488. The minimum Gasteiger partial charge on any atom is -0.381 e. The minimum absolute atomic E-state index is 0.0453. The molecule has 1 fully saturated rings. The molecule has 15 heteroatoms. The van der Waals surface area contributed by atoms with E-state index in [0.717, 1.165) is 10.6 Å². The molecule has 1 amide bonds. The first-order chi connectivity index (χ1) is 16.3. The Hall–Kier alpha value is -2.95. The SMILES string of the molecule is [B]C([B])([B])C([B])([B])n1c(=O)n(C2CCOCC2)c2nc(Nc3cc(F)c(C(N)=O)cc3C)ncc21. The van der Waals surface area contributed by atoms with E-state index in [9.17, 15) is 14.0 Å². The van der Waals surface area contributed by atoms with Crippen molar-refractivity contribution in [2.75, 3.05) is 18.5 Å². The number of imidazole rings is 1. The van der Waals surface area contributed by atoms with E-state index in [0.29, 0.717) is 37.3 Å². The largest absolute Gasteiger partial charge is 0.381 e. The van der Waals surface area contributed by atoms with Crippen LogP contribution in [0.3, 0.4) is 0 Å². The van der Waals surface area contributed by atoms with Gasteiger partial charge in [0.1, 0.15) is 11.3 Å². The summed E-state index contributed by atoms with van der Waals surface area (Å²) in [6, 6.07) is 2.14. The highest BCUT2D eigenvalue weighted by molar-refractivity contribution is 6.66. The summed E-state index contributed by atoms with van der Waals surface area (Å²) in [6.07, 6.45) is 2.38. The Morgan fingerprint density at radius 2 is 1.89 bits per heavy atom. The van der Waals surface area contributed by atoms with Gasteiger partial charge in [0.15, 0.2) is 5.65 Å². The molecule has 0 bridgehead atoms. The second-order valence-corrected chi connectivity index (χ2v) is 8.63. The van der Waals surface area contributed by atoms with E-state index in [1.807, 2.05) is 0 Å². The highest BCUT2D eigenvalue weighted by Gasteiger charge is 2.37. The molecule has 35 heavy (non-hydrogen) atoms. The summed E-state index contributed by atoms with van der Waals surface area (Å²) >= 11 is 0. The van der Waals surface area contributed by atoms with Gasteiger partial charge in [-0.3, -0.25) is 9.36 Å². The maximum atomic E-state index is 14.3. The molecule has 1 aromatic carbocycles. The number of aryl methyl sites for hydroxylation is 1. The van der Waals surface area contributed by atoms with E-state index < -0.39 is 27.9 Å². The Morgan fingerprint density at radius 3 is 2.49 bits per heavy atom. The monoisotopic (exact) mass is 464 g/mol. The zero-order valence-corrected chi connectivity index (χ0v) is 19.0. The molecular weight excluding hydrogens is 445 g/mol. The molecule has 0 saturated carbocycles. The molecule has 10 radical (unpaired) electrons. The lowest BCUT2D eigenvalue weighted by atomic mass is 9.26. The maximum Gasteiger partial charge on any atom is 0.329 e. The second kappa shape index (κ2) is 8.93. The van der Waals surface area contributed by atoms with Gasteiger partial charge < -0.3 is 20.4 Å². The van der Waals surface area contributed by atoms with Gasteiger partial charge in [-0.05, 0) is 42.8 Å². The number of carbonyl (C=O) groups is 1. The normalized spacial score (nSPS) is 15.4. The molecule has 3 heterocycles. The van der Waals surface area contributed by atoms with Gasteiger partial charge in [-0.25, -0.2) is 14.2 Å². The van der Waals surface area contributed by atoms with Crippen molar-refractivity contribution in [2.24, 2.45) is 5.73 Å². The fourth-order valence-corrected chi connectivity index (χ4v) is 4.01. The third-order valence-corrected chi connectivity index (χ3v) is 6.06. The molecule has 2 aromatic heterocycles. The number of hydrogen-bond donors (Lipinski definition) is 2. The Labute approximate surface area is 207 Å². The van der Waals surface area contributed by atoms with E-state index in [2.05, 4.69) is 15.3 Å². The van der Waals surface area contributed by atoms with Crippen LogP contribution < -0.4 is 16.7 Å². The lowest BCUT2D eigenvalue weighted by Gasteiger charge is -2.42. The van der Waals surface area contributed by atoms with Gasteiger partial charge in [0.25, 0.3) is 5.91 Å². The number of nitrogens with two attached hydrogens (primary N) is 1. The van der Waals surface area contributed by atoms with Crippen LogP contribution in [-0.2, 0) is 10.1 Å². The zero-order chi connectivity index (χ0) is 25.7. The molecule has 3 aromatic rings. The Balaban J connectivity index is 1.87. The molecule has 0 atom stereocenters. The van der Waals surface area contributed by atoms with Crippen molar-refractivity contribution < 1.29 is 13.9 Å². The molecule has 0 spiro atoms. The number of amides is 1. The number of primary amides is 1. The van der Waals surface area contributed by atoms with Crippen molar-refractivity contribution in [3.63, 3.8) is 0 Å². The summed E-state index contributed by atoms with van der Waals surface area (Å²) in [6.45, 7) is 2.53. The predicted molar refractivity (Wildman–Crippen MR) is 133 cm³/mol. The molecule has 1 aliphatic rings. The molecule has 0 aliphatic carbocycles. The summed E-state index contributed by atoms with van der Waals surface area (Å²) in [5.74, 6) is -1.65. The van der Waals surface area contributed by atoms with Gasteiger partial charge in [0, 0.05) is 24.9 Å². The summed E-state index contributed by atoms with van der Waals surface area (Å²) in [7, 11) is 29.6. The van der Waals surface area contributed by atoms with Gasteiger partial charge in [0.05, 0.1) is 51.0 Å². The van der Waals surface area contributed by atoms with Crippen LogP contribution in [-0.4, -0.2) is 77.5 Å². The molecule has 0 unspecified atom stereocenters. The first-order valence-electron chi connectivity index (χ1n) is 10.7. The number of benzene rings is 1. The lowest BCUT2D eigenvalue weighted by Crippen LogP contribution is -2.52. The van der Waals surface area contributed by atoms with Gasteiger partial charge in [0.2, 0.25) is 5.95 Å². The van der Waals surface area contributed by atoms with Crippen LogP contribution in [0.15, 0.2) is 23.1 Å². The number of aromatic nitrogens is 4.